The number of hydrogen-bond acceptors (Lipinski definition) is 4. The Morgan fingerprint density at radius 3 is 2.73 bits per heavy atom. The molecule has 0 bridgehead atoms. The third kappa shape index (κ3) is 3.62. The molecule has 0 spiro atoms. The summed E-state index contributed by atoms with van der Waals surface area (Å²) in [6.07, 6.45) is 1.66. The molecule has 22 heavy (non-hydrogen) atoms. The normalized spacial score (nSPS) is 17.7. The quantitative estimate of drug-likeness (QED) is 0.771. The SMILES string of the molecule is CC(N)CCNC(=O)c1cc2c([nH]c1=O)CC(C)(C)CC2=O. The summed E-state index contributed by atoms with van der Waals surface area (Å²) in [5, 5.41) is 2.66. The van der Waals surface area contributed by atoms with E-state index in [1.807, 2.05) is 20.8 Å². The molecular formula is C16H23N3O3. The number of aromatic nitrogens is 1. The largest absolute Gasteiger partial charge is 0.352 e. The molecule has 1 aliphatic carbocycles. The van der Waals surface area contributed by atoms with Crippen molar-refractivity contribution in [2.24, 2.45) is 11.1 Å². The molecular weight excluding hydrogens is 282 g/mol. The van der Waals surface area contributed by atoms with E-state index in [1.165, 1.54) is 6.07 Å². The Kier molecular flexibility index (Phi) is 4.51. The highest BCUT2D eigenvalue weighted by atomic mass is 16.2. The fraction of sp³-hybridized carbons (Fsp3) is 0.562. The van der Waals surface area contributed by atoms with Crippen LogP contribution in [-0.4, -0.2) is 29.3 Å². The van der Waals surface area contributed by atoms with Crippen LogP contribution in [0.1, 0.15) is 60.0 Å². The van der Waals surface area contributed by atoms with Gasteiger partial charge in [0.1, 0.15) is 5.56 Å². The number of H-pyrrole nitrogens is 1. The van der Waals surface area contributed by atoms with Gasteiger partial charge in [0.15, 0.2) is 5.78 Å². The Morgan fingerprint density at radius 1 is 1.41 bits per heavy atom. The summed E-state index contributed by atoms with van der Waals surface area (Å²) < 4.78 is 0. The van der Waals surface area contributed by atoms with E-state index in [9.17, 15) is 14.4 Å². The van der Waals surface area contributed by atoms with Gasteiger partial charge < -0.3 is 16.0 Å². The summed E-state index contributed by atoms with van der Waals surface area (Å²) in [5.41, 5.74) is 6.05. The van der Waals surface area contributed by atoms with Crippen molar-refractivity contribution in [2.75, 3.05) is 6.54 Å². The molecule has 1 aromatic heterocycles. The highest BCUT2D eigenvalue weighted by molar-refractivity contribution is 6.02. The molecule has 120 valence electrons. The van der Waals surface area contributed by atoms with Crippen LogP contribution in [-0.2, 0) is 6.42 Å². The van der Waals surface area contributed by atoms with Gasteiger partial charge in [0.05, 0.1) is 0 Å². The molecule has 0 aromatic carbocycles. The Bertz CT molecular complexity index is 659. The highest BCUT2D eigenvalue weighted by Crippen LogP contribution is 2.33. The molecule has 6 heteroatoms. The van der Waals surface area contributed by atoms with Crippen LogP contribution >= 0.6 is 0 Å². The van der Waals surface area contributed by atoms with Crippen molar-refractivity contribution < 1.29 is 9.59 Å². The molecule has 1 atom stereocenters. The Morgan fingerprint density at radius 2 is 2.09 bits per heavy atom. The van der Waals surface area contributed by atoms with Crippen LogP contribution in [0.15, 0.2) is 10.9 Å². The van der Waals surface area contributed by atoms with Crippen molar-refractivity contribution in [3.05, 3.63) is 33.2 Å². The first kappa shape index (κ1) is 16.4. The van der Waals surface area contributed by atoms with E-state index in [4.69, 9.17) is 5.73 Å². The van der Waals surface area contributed by atoms with Gasteiger partial charge in [-0.2, -0.15) is 0 Å². The van der Waals surface area contributed by atoms with E-state index in [1.54, 1.807) is 0 Å². The predicted molar refractivity (Wildman–Crippen MR) is 84.1 cm³/mol. The smallest absolute Gasteiger partial charge is 0.261 e. The maximum atomic E-state index is 12.2. The summed E-state index contributed by atoms with van der Waals surface area (Å²) in [6, 6.07) is 1.40. The number of carbonyl (C=O) groups excluding carboxylic acids is 2. The minimum atomic E-state index is -0.470. The lowest BCUT2D eigenvalue weighted by Crippen LogP contribution is -2.35. The average Bonchev–Trinajstić information content (AvgIpc) is 2.35. The number of carbonyl (C=O) groups is 2. The lowest BCUT2D eigenvalue weighted by Gasteiger charge is -2.29. The number of ketones is 1. The third-order valence-electron chi connectivity index (χ3n) is 3.85. The number of pyridine rings is 1. The van der Waals surface area contributed by atoms with Gasteiger partial charge in [-0.25, -0.2) is 0 Å². The molecule has 1 heterocycles. The number of Topliss-reactive ketones (excluding diaryl/α,β-unsaturated/α-hetero) is 1. The zero-order valence-electron chi connectivity index (χ0n) is 13.3. The van der Waals surface area contributed by atoms with Crippen molar-refractivity contribution in [2.45, 2.75) is 46.1 Å². The van der Waals surface area contributed by atoms with Gasteiger partial charge in [0, 0.05) is 30.3 Å². The standard InChI is InChI=1S/C16H23N3O3/c1-9(17)4-5-18-14(21)11-6-10-12(19-15(11)22)7-16(2,3)8-13(10)20/h6,9H,4-5,7-8,17H2,1-3H3,(H,18,21)(H,19,22). The second-order valence-electron chi connectivity index (χ2n) is 6.87. The van der Waals surface area contributed by atoms with E-state index in [-0.39, 0.29) is 22.8 Å². The van der Waals surface area contributed by atoms with E-state index in [2.05, 4.69) is 10.3 Å². The molecule has 0 saturated carbocycles. The number of aromatic amines is 1. The zero-order valence-corrected chi connectivity index (χ0v) is 13.3. The second kappa shape index (κ2) is 6.04. The van der Waals surface area contributed by atoms with E-state index in [0.29, 0.717) is 37.1 Å². The molecule has 2 rings (SSSR count). The van der Waals surface area contributed by atoms with Crippen LogP contribution < -0.4 is 16.6 Å². The summed E-state index contributed by atoms with van der Waals surface area (Å²) in [7, 11) is 0. The molecule has 0 radical (unpaired) electrons. The number of nitrogens with one attached hydrogen (secondary N) is 2. The van der Waals surface area contributed by atoms with Crippen LogP contribution in [0.3, 0.4) is 0 Å². The van der Waals surface area contributed by atoms with Gasteiger partial charge in [-0.15, -0.1) is 0 Å². The summed E-state index contributed by atoms with van der Waals surface area (Å²) in [5.74, 6) is -0.505. The van der Waals surface area contributed by atoms with Crippen LogP contribution in [0.4, 0.5) is 0 Å². The number of amides is 1. The fourth-order valence-corrected chi connectivity index (χ4v) is 2.71. The van der Waals surface area contributed by atoms with Crippen LogP contribution in [0.5, 0.6) is 0 Å². The van der Waals surface area contributed by atoms with Crippen LogP contribution in [0.2, 0.25) is 0 Å². The van der Waals surface area contributed by atoms with Crippen molar-refractivity contribution in [1.29, 1.82) is 0 Å². The molecule has 1 aromatic rings. The lowest BCUT2D eigenvalue weighted by molar-refractivity contribution is 0.0910. The topological polar surface area (TPSA) is 105 Å². The first-order valence-corrected chi connectivity index (χ1v) is 7.53. The summed E-state index contributed by atoms with van der Waals surface area (Å²) in [6.45, 7) is 6.22. The predicted octanol–water partition coefficient (Wildman–Crippen LogP) is 0.997. The van der Waals surface area contributed by atoms with Gasteiger partial charge in [-0.3, -0.25) is 14.4 Å². The highest BCUT2D eigenvalue weighted by Gasteiger charge is 2.32. The van der Waals surface area contributed by atoms with Crippen molar-refractivity contribution in [3.63, 3.8) is 0 Å². The molecule has 0 fully saturated rings. The molecule has 0 aliphatic heterocycles. The van der Waals surface area contributed by atoms with Gasteiger partial charge in [-0.05, 0) is 31.2 Å². The summed E-state index contributed by atoms with van der Waals surface area (Å²) in [4.78, 5) is 39.1. The van der Waals surface area contributed by atoms with Gasteiger partial charge in [-0.1, -0.05) is 13.8 Å². The molecule has 4 N–H and O–H groups in total. The molecule has 1 unspecified atom stereocenters. The van der Waals surface area contributed by atoms with Gasteiger partial charge >= 0.3 is 0 Å². The first-order chi connectivity index (χ1) is 10.2. The van der Waals surface area contributed by atoms with E-state index < -0.39 is 11.5 Å². The fourth-order valence-electron chi connectivity index (χ4n) is 2.71. The van der Waals surface area contributed by atoms with E-state index >= 15 is 0 Å². The van der Waals surface area contributed by atoms with Crippen molar-refractivity contribution in [1.82, 2.24) is 10.3 Å². The Hall–Kier alpha value is -1.95. The lowest BCUT2D eigenvalue weighted by atomic mass is 9.75. The monoisotopic (exact) mass is 305 g/mol. The van der Waals surface area contributed by atoms with Crippen molar-refractivity contribution >= 4 is 11.7 Å². The second-order valence-corrected chi connectivity index (χ2v) is 6.87. The van der Waals surface area contributed by atoms with Gasteiger partial charge in [0.2, 0.25) is 0 Å². The minimum Gasteiger partial charge on any atom is -0.352 e. The minimum absolute atomic E-state index is 0.0171. The Labute approximate surface area is 129 Å². The van der Waals surface area contributed by atoms with Gasteiger partial charge in [0.25, 0.3) is 11.5 Å². The number of rotatable bonds is 4. The molecule has 0 saturated heterocycles. The van der Waals surface area contributed by atoms with Crippen LogP contribution in [0, 0.1) is 5.41 Å². The van der Waals surface area contributed by atoms with Crippen LogP contribution in [0.25, 0.3) is 0 Å². The number of fused-ring (bicyclic) bond motifs is 1. The first-order valence-electron chi connectivity index (χ1n) is 7.53. The third-order valence-corrected chi connectivity index (χ3v) is 3.85. The maximum absolute atomic E-state index is 12.2. The summed E-state index contributed by atoms with van der Waals surface area (Å²) >= 11 is 0. The molecule has 1 aliphatic rings. The number of hydrogen-bond donors (Lipinski definition) is 3. The number of nitrogens with two attached hydrogens (primary N) is 1. The molecule has 6 nitrogen and oxygen atoms in total. The Balaban J connectivity index is 2.25. The zero-order chi connectivity index (χ0) is 16.5. The van der Waals surface area contributed by atoms with E-state index in [0.717, 1.165) is 0 Å². The maximum Gasteiger partial charge on any atom is 0.261 e. The molecule has 1 amide bonds. The average molecular weight is 305 g/mol. The van der Waals surface area contributed by atoms with Crippen molar-refractivity contribution in [3.8, 4) is 0 Å².